The minimum atomic E-state index is -0.308. The molecule has 0 amide bonds. The zero-order chi connectivity index (χ0) is 20.1. The molecular weight excluding hydrogens is 359 g/mol. The quantitative estimate of drug-likeness (QED) is 0.330. The zero-order valence-corrected chi connectivity index (χ0v) is 16.2. The molecule has 0 heterocycles. The molecule has 0 aliphatic rings. The largest absolute Gasteiger partial charge is 0.311 e. The monoisotopic (exact) mass is 380 g/mol. The average Bonchev–Trinajstić information content (AvgIpc) is 2.76. The summed E-state index contributed by atoms with van der Waals surface area (Å²) in [6.45, 7) is 1.86. The summed E-state index contributed by atoms with van der Waals surface area (Å²) >= 11 is 0. The van der Waals surface area contributed by atoms with Gasteiger partial charge in [0.05, 0.1) is 5.69 Å². The minimum Gasteiger partial charge on any atom is -0.311 e. The summed E-state index contributed by atoms with van der Waals surface area (Å²) in [5.74, 6) is -0.308. The van der Waals surface area contributed by atoms with Crippen LogP contribution in [0.5, 0.6) is 0 Å². The fraction of sp³-hybridized carbons (Fsp3) is 0.0385. The summed E-state index contributed by atoms with van der Waals surface area (Å²) in [5.41, 5.74) is 5.35. The predicted molar refractivity (Wildman–Crippen MR) is 120 cm³/mol. The minimum absolute atomic E-state index is 0.308. The van der Waals surface area contributed by atoms with Crippen molar-refractivity contribution in [2.24, 2.45) is 4.99 Å². The van der Waals surface area contributed by atoms with Gasteiger partial charge in [-0.15, -0.1) is 0 Å². The zero-order valence-electron chi connectivity index (χ0n) is 16.2. The average molecular weight is 380 g/mol. The summed E-state index contributed by atoms with van der Waals surface area (Å²) in [6, 6.07) is 33.6. The van der Waals surface area contributed by atoms with E-state index in [0.29, 0.717) is 5.69 Å². The van der Waals surface area contributed by atoms with E-state index in [4.69, 9.17) is 0 Å². The van der Waals surface area contributed by atoms with Crippen LogP contribution in [0.4, 0.5) is 27.1 Å². The van der Waals surface area contributed by atoms with Gasteiger partial charge in [-0.1, -0.05) is 54.6 Å². The van der Waals surface area contributed by atoms with Crippen LogP contribution >= 0.6 is 0 Å². The molecule has 0 atom stereocenters. The van der Waals surface area contributed by atoms with Gasteiger partial charge in [0.2, 0.25) is 0 Å². The van der Waals surface area contributed by atoms with Crippen LogP contribution < -0.4 is 4.90 Å². The lowest BCUT2D eigenvalue weighted by atomic mass is 10.1. The van der Waals surface area contributed by atoms with Crippen molar-refractivity contribution in [1.29, 1.82) is 0 Å². The molecule has 0 saturated carbocycles. The van der Waals surface area contributed by atoms with Crippen molar-refractivity contribution in [3.63, 3.8) is 0 Å². The maximum Gasteiger partial charge on any atom is 0.149 e. The Morgan fingerprint density at radius 2 is 1.24 bits per heavy atom. The Morgan fingerprint density at radius 1 is 0.690 bits per heavy atom. The van der Waals surface area contributed by atoms with Gasteiger partial charge < -0.3 is 4.90 Å². The molecule has 2 nitrogen and oxygen atoms in total. The molecule has 0 bridgehead atoms. The number of hydrogen-bond donors (Lipinski definition) is 0. The van der Waals surface area contributed by atoms with Crippen LogP contribution in [0.15, 0.2) is 108 Å². The van der Waals surface area contributed by atoms with Gasteiger partial charge in [0.25, 0.3) is 0 Å². The number of rotatable bonds is 5. The second-order valence-electron chi connectivity index (χ2n) is 6.81. The summed E-state index contributed by atoms with van der Waals surface area (Å²) in [4.78, 5) is 6.49. The van der Waals surface area contributed by atoms with Gasteiger partial charge in [-0.3, -0.25) is 4.99 Å². The lowest BCUT2D eigenvalue weighted by Gasteiger charge is -2.25. The number of aliphatic imine (C=N–C) groups is 1. The highest BCUT2D eigenvalue weighted by atomic mass is 19.1. The molecule has 0 saturated heterocycles. The highest BCUT2D eigenvalue weighted by Crippen LogP contribution is 2.34. The van der Waals surface area contributed by atoms with E-state index in [9.17, 15) is 4.39 Å². The van der Waals surface area contributed by atoms with E-state index in [0.717, 1.165) is 28.2 Å². The Hall–Kier alpha value is -3.72. The molecule has 0 radical (unpaired) electrons. The van der Waals surface area contributed by atoms with Crippen molar-refractivity contribution in [3.05, 3.63) is 120 Å². The van der Waals surface area contributed by atoms with Crippen molar-refractivity contribution in [3.8, 4) is 0 Å². The highest BCUT2D eigenvalue weighted by Gasteiger charge is 2.11. The van der Waals surface area contributed by atoms with Gasteiger partial charge in [-0.2, -0.15) is 0 Å². The smallest absolute Gasteiger partial charge is 0.149 e. The van der Waals surface area contributed by atoms with E-state index in [1.165, 1.54) is 6.07 Å². The maximum atomic E-state index is 14.0. The molecule has 3 heteroatoms. The first-order valence-corrected chi connectivity index (χ1v) is 9.51. The van der Waals surface area contributed by atoms with Crippen molar-refractivity contribution < 1.29 is 4.39 Å². The fourth-order valence-corrected chi connectivity index (χ4v) is 3.17. The number of aryl methyl sites for hydroxylation is 1. The molecule has 29 heavy (non-hydrogen) atoms. The van der Waals surface area contributed by atoms with E-state index >= 15 is 0 Å². The molecule has 0 unspecified atom stereocenters. The summed E-state index contributed by atoms with van der Waals surface area (Å²) < 4.78 is 14.0. The molecule has 0 aliphatic heterocycles. The van der Waals surface area contributed by atoms with E-state index in [-0.39, 0.29) is 5.82 Å². The van der Waals surface area contributed by atoms with Gasteiger partial charge in [0, 0.05) is 23.3 Å². The lowest BCUT2D eigenvalue weighted by molar-refractivity contribution is 0.629. The highest BCUT2D eigenvalue weighted by molar-refractivity contribution is 5.84. The van der Waals surface area contributed by atoms with Gasteiger partial charge in [0.1, 0.15) is 5.82 Å². The Bertz CT molecular complexity index is 1070. The van der Waals surface area contributed by atoms with Crippen LogP contribution in [0.2, 0.25) is 0 Å². The SMILES string of the molecule is Cc1ccc(N=Cc2ccc(N(c3ccccc3)c3ccccc3)cc2)c(F)c1. The number of hydrogen-bond acceptors (Lipinski definition) is 2. The van der Waals surface area contributed by atoms with Crippen LogP contribution in [0.1, 0.15) is 11.1 Å². The Balaban J connectivity index is 1.63. The number of para-hydroxylation sites is 2. The van der Waals surface area contributed by atoms with Gasteiger partial charge in [-0.25, -0.2) is 4.39 Å². The fourth-order valence-electron chi connectivity index (χ4n) is 3.17. The third-order valence-electron chi connectivity index (χ3n) is 4.64. The Morgan fingerprint density at radius 3 is 1.79 bits per heavy atom. The molecule has 0 aromatic heterocycles. The van der Waals surface area contributed by atoms with Crippen molar-refractivity contribution in [2.45, 2.75) is 6.92 Å². The van der Waals surface area contributed by atoms with E-state index in [1.54, 1.807) is 12.3 Å². The van der Waals surface area contributed by atoms with Gasteiger partial charge >= 0.3 is 0 Å². The molecule has 0 fully saturated rings. The van der Waals surface area contributed by atoms with Crippen LogP contribution in [0.3, 0.4) is 0 Å². The van der Waals surface area contributed by atoms with E-state index in [1.807, 2.05) is 73.7 Å². The first kappa shape index (κ1) is 18.6. The lowest BCUT2D eigenvalue weighted by Crippen LogP contribution is -2.09. The number of halogens is 1. The Kier molecular flexibility index (Phi) is 5.48. The van der Waals surface area contributed by atoms with Gasteiger partial charge in [0.15, 0.2) is 0 Å². The van der Waals surface area contributed by atoms with Crippen molar-refractivity contribution in [2.75, 3.05) is 4.90 Å². The maximum absolute atomic E-state index is 14.0. The first-order valence-electron chi connectivity index (χ1n) is 9.51. The number of anilines is 3. The number of nitrogens with zero attached hydrogens (tertiary/aromatic N) is 2. The second-order valence-corrected chi connectivity index (χ2v) is 6.81. The normalized spacial score (nSPS) is 11.0. The van der Waals surface area contributed by atoms with E-state index in [2.05, 4.69) is 34.2 Å². The van der Waals surface area contributed by atoms with Gasteiger partial charge in [-0.05, 0) is 66.6 Å². The summed E-state index contributed by atoms with van der Waals surface area (Å²) in [6.07, 6.45) is 1.69. The van der Waals surface area contributed by atoms with Crippen LogP contribution in [0, 0.1) is 12.7 Å². The topological polar surface area (TPSA) is 15.6 Å². The second kappa shape index (κ2) is 8.53. The van der Waals surface area contributed by atoms with Crippen LogP contribution in [0.25, 0.3) is 0 Å². The van der Waals surface area contributed by atoms with Crippen molar-refractivity contribution >= 4 is 29.0 Å². The molecule has 4 aromatic rings. The molecule has 0 spiro atoms. The standard InChI is InChI=1S/C26H21FN2/c1-20-12-17-26(25(27)18-20)28-19-21-13-15-24(16-14-21)29(22-8-4-2-5-9-22)23-10-6-3-7-11-23/h2-19H,1H3. The summed E-state index contributed by atoms with van der Waals surface area (Å²) in [7, 11) is 0. The first-order chi connectivity index (χ1) is 14.2. The van der Waals surface area contributed by atoms with Crippen molar-refractivity contribution in [1.82, 2.24) is 0 Å². The van der Waals surface area contributed by atoms with Crippen LogP contribution in [-0.4, -0.2) is 6.21 Å². The number of benzene rings is 4. The molecule has 4 aromatic carbocycles. The van der Waals surface area contributed by atoms with Crippen LogP contribution in [-0.2, 0) is 0 Å². The summed E-state index contributed by atoms with van der Waals surface area (Å²) in [5, 5.41) is 0. The molecule has 142 valence electrons. The third kappa shape index (κ3) is 4.41. The Labute approximate surface area is 170 Å². The predicted octanol–water partition coefficient (Wildman–Crippen LogP) is 7.35. The third-order valence-corrected chi connectivity index (χ3v) is 4.64. The molecular formula is C26H21FN2. The molecule has 4 rings (SSSR count). The molecule has 0 N–H and O–H groups in total. The molecule has 0 aliphatic carbocycles. The van der Waals surface area contributed by atoms with E-state index < -0.39 is 0 Å².